The number of nitrogens with one attached hydrogen (secondary N) is 1. The summed E-state index contributed by atoms with van der Waals surface area (Å²) in [5, 5.41) is 4.73. The van der Waals surface area contributed by atoms with Crippen molar-refractivity contribution >= 4 is 28.7 Å². The predicted molar refractivity (Wildman–Crippen MR) is 148 cm³/mol. The number of ether oxygens (including phenoxy) is 1. The molecule has 0 fully saturated rings. The zero-order valence-corrected chi connectivity index (χ0v) is 22.4. The Kier molecular flexibility index (Phi) is 7.52. The molecular formula is C30H26F3N3O2S. The first-order valence-corrected chi connectivity index (χ1v) is 13.2. The first-order chi connectivity index (χ1) is 18.7. The molecule has 5 nitrogen and oxygen atoms in total. The van der Waals surface area contributed by atoms with Gasteiger partial charge in [-0.05, 0) is 73.2 Å². The molecule has 0 unspecified atom stereocenters. The van der Waals surface area contributed by atoms with Gasteiger partial charge in [-0.1, -0.05) is 54.5 Å². The van der Waals surface area contributed by atoms with Crippen LogP contribution in [0.5, 0.6) is 5.75 Å². The summed E-state index contributed by atoms with van der Waals surface area (Å²) in [7, 11) is 0. The Morgan fingerprint density at radius 2 is 1.72 bits per heavy atom. The number of benzene rings is 3. The fraction of sp³-hybridized carbons (Fsp3) is 0.200. The van der Waals surface area contributed by atoms with E-state index in [0.717, 1.165) is 40.3 Å². The summed E-state index contributed by atoms with van der Waals surface area (Å²) in [4.78, 5) is 5.23. The van der Waals surface area contributed by atoms with Gasteiger partial charge in [-0.3, -0.25) is 9.71 Å². The number of halogens is 3. The molecule has 0 atom stereocenters. The van der Waals surface area contributed by atoms with Gasteiger partial charge >= 0.3 is 6.18 Å². The van der Waals surface area contributed by atoms with Gasteiger partial charge in [0.15, 0.2) is 0 Å². The lowest BCUT2D eigenvalue weighted by Gasteiger charge is -2.18. The summed E-state index contributed by atoms with van der Waals surface area (Å²) in [5.74, 6) is 1.06. The van der Waals surface area contributed by atoms with E-state index in [1.807, 2.05) is 51.1 Å². The maximum Gasteiger partial charge on any atom is 0.417 e. The van der Waals surface area contributed by atoms with Crippen LogP contribution in [-0.4, -0.2) is 10.1 Å². The zero-order chi connectivity index (χ0) is 27.6. The number of hydrogen-bond acceptors (Lipinski definition) is 6. The number of aromatic nitrogens is 2. The third-order valence-corrected chi connectivity index (χ3v) is 7.33. The number of aryl methyl sites for hydroxylation is 2. The van der Waals surface area contributed by atoms with Crippen molar-refractivity contribution in [2.75, 3.05) is 4.72 Å². The molecule has 0 saturated heterocycles. The number of hydrogen-bond donors (Lipinski definition) is 1. The molecule has 0 bridgehead atoms. The minimum atomic E-state index is -4.56. The Hall–Kier alpha value is -3.98. The largest absolute Gasteiger partial charge is 0.488 e. The highest BCUT2D eigenvalue weighted by Gasteiger charge is 2.34. The number of pyridine rings is 1. The fourth-order valence-electron chi connectivity index (χ4n) is 4.20. The Morgan fingerprint density at radius 1 is 0.949 bits per heavy atom. The van der Waals surface area contributed by atoms with Gasteiger partial charge in [-0.2, -0.15) is 13.2 Å². The van der Waals surface area contributed by atoms with E-state index in [4.69, 9.17) is 9.26 Å². The van der Waals surface area contributed by atoms with Crippen LogP contribution in [0.4, 0.5) is 19.1 Å². The Balaban J connectivity index is 1.45. The third-order valence-electron chi connectivity index (χ3n) is 6.47. The minimum absolute atomic E-state index is 0.0113. The van der Waals surface area contributed by atoms with Crippen LogP contribution >= 0.6 is 11.9 Å². The molecule has 5 aromatic rings. The van der Waals surface area contributed by atoms with Crippen molar-refractivity contribution < 1.29 is 22.4 Å². The third kappa shape index (κ3) is 5.73. The molecule has 200 valence electrons. The first-order valence-electron chi connectivity index (χ1n) is 12.4. The maximum absolute atomic E-state index is 14.3. The number of rotatable bonds is 8. The van der Waals surface area contributed by atoms with E-state index >= 15 is 0 Å². The second-order valence-electron chi connectivity index (χ2n) is 9.07. The molecule has 1 N–H and O–H groups in total. The van der Waals surface area contributed by atoms with Crippen molar-refractivity contribution in [3.05, 3.63) is 101 Å². The van der Waals surface area contributed by atoms with Gasteiger partial charge in [-0.25, -0.2) is 0 Å². The lowest BCUT2D eigenvalue weighted by Crippen LogP contribution is -2.09. The van der Waals surface area contributed by atoms with E-state index < -0.39 is 11.7 Å². The predicted octanol–water partition coefficient (Wildman–Crippen LogP) is 8.79. The minimum Gasteiger partial charge on any atom is -0.488 e. The van der Waals surface area contributed by atoms with Gasteiger partial charge in [0.2, 0.25) is 5.88 Å². The number of fused-ring (bicyclic) bond motifs is 1. The molecule has 0 saturated carbocycles. The van der Waals surface area contributed by atoms with Crippen LogP contribution in [0.25, 0.3) is 22.0 Å². The van der Waals surface area contributed by atoms with Gasteiger partial charge in [0.25, 0.3) is 0 Å². The average molecular weight is 550 g/mol. The summed E-state index contributed by atoms with van der Waals surface area (Å²) >= 11 is 1.18. The monoisotopic (exact) mass is 549 g/mol. The SMILES string of the molecule is CCc1cc(OCc2ccc(-c3ccccc3SNc3onc(C)c3C)c(C(F)(F)F)c2)c2ccccc2n1. The smallest absolute Gasteiger partial charge is 0.417 e. The lowest BCUT2D eigenvalue weighted by molar-refractivity contribution is -0.137. The standard InChI is InChI=1S/C30H26F3N3O2S/c1-4-21-16-27(24-10-5-7-11-26(24)34-21)37-17-20-13-14-22(25(15-20)30(31,32)33)23-9-6-8-12-28(23)39-36-29-18(2)19(3)35-38-29/h5-16,36H,4,17H2,1-3H3. The normalized spacial score (nSPS) is 11.6. The summed E-state index contributed by atoms with van der Waals surface area (Å²) in [5.41, 5.74) is 3.46. The van der Waals surface area contributed by atoms with Crippen LogP contribution in [0.15, 0.2) is 82.2 Å². The van der Waals surface area contributed by atoms with Crippen molar-refractivity contribution in [3.8, 4) is 16.9 Å². The molecule has 3 aromatic carbocycles. The van der Waals surface area contributed by atoms with E-state index in [1.54, 1.807) is 30.3 Å². The molecular weight excluding hydrogens is 523 g/mol. The zero-order valence-electron chi connectivity index (χ0n) is 21.6. The second kappa shape index (κ2) is 11.0. The summed E-state index contributed by atoms with van der Waals surface area (Å²) in [6, 6.07) is 20.7. The highest BCUT2D eigenvalue weighted by Crippen LogP contribution is 2.41. The van der Waals surface area contributed by atoms with E-state index in [9.17, 15) is 13.2 Å². The number of alkyl halides is 3. The Morgan fingerprint density at radius 3 is 2.46 bits per heavy atom. The highest BCUT2D eigenvalue weighted by atomic mass is 32.2. The summed E-state index contributed by atoms with van der Waals surface area (Å²) in [6.07, 6.45) is -3.84. The van der Waals surface area contributed by atoms with Crippen molar-refractivity contribution in [1.29, 1.82) is 0 Å². The molecule has 2 heterocycles. The number of para-hydroxylation sites is 1. The van der Waals surface area contributed by atoms with Gasteiger partial charge < -0.3 is 9.26 Å². The van der Waals surface area contributed by atoms with Crippen LogP contribution in [0, 0.1) is 13.8 Å². The lowest BCUT2D eigenvalue weighted by atomic mass is 9.97. The average Bonchev–Trinajstić information content (AvgIpc) is 3.26. The van der Waals surface area contributed by atoms with Crippen molar-refractivity contribution in [2.45, 2.75) is 44.9 Å². The van der Waals surface area contributed by atoms with E-state index in [-0.39, 0.29) is 12.2 Å². The molecule has 0 radical (unpaired) electrons. The van der Waals surface area contributed by atoms with Crippen LogP contribution < -0.4 is 9.46 Å². The highest BCUT2D eigenvalue weighted by molar-refractivity contribution is 8.00. The number of anilines is 1. The quantitative estimate of drug-likeness (QED) is 0.195. The fourth-order valence-corrected chi connectivity index (χ4v) is 5.03. The molecule has 0 aliphatic rings. The van der Waals surface area contributed by atoms with E-state index in [0.29, 0.717) is 27.7 Å². The topological polar surface area (TPSA) is 60.2 Å². The van der Waals surface area contributed by atoms with Crippen LogP contribution in [0.3, 0.4) is 0 Å². The first kappa shape index (κ1) is 26.6. The van der Waals surface area contributed by atoms with E-state index in [2.05, 4.69) is 14.9 Å². The summed E-state index contributed by atoms with van der Waals surface area (Å²) in [6.45, 7) is 5.67. The van der Waals surface area contributed by atoms with Gasteiger partial charge in [-0.15, -0.1) is 0 Å². The second-order valence-corrected chi connectivity index (χ2v) is 9.92. The van der Waals surface area contributed by atoms with Gasteiger partial charge in [0.1, 0.15) is 12.4 Å². The number of nitrogens with zero attached hydrogens (tertiary/aromatic N) is 2. The molecule has 0 aliphatic carbocycles. The molecule has 0 amide bonds. The molecule has 39 heavy (non-hydrogen) atoms. The van der Waals surface area contributed by atoms with Crippen LogP contribution in [0.1, 0.15) is 35.0 Å². The maximum atomic E-state index is 14.3. The molecule has 2 aromatic heterocycles. The Bertz CT molecular complexity index is 1630. The Labute approximate surface area is 228 Å². The van der Waals surface area contributed by atoms with Gasteiger partial charge in [0.05, 0.1) is 16.8 Å². The molecule has 0 aliphatic heterocycles. The summed E-state index contributed by atoms with van der Waals surface area (Å²) < 4.78 is 57.4. The van der Waals surface area contributed by atoms with Crippen molar-refractivity contribution in [3.63, 3.8) is 0 Å². The molecule has 5 rings (SSSR count). The van der Waals surface area contributed by atoms with E-state index in [1.165, 1.54) is 18.0 Å². The molecule has 0 spiro atoms. The van der Waals surface area contributed by atoms with Crippen LogP contribution in [0.2, 0.25) is 0 Å². The van der Waals surface area contributed by atoms with Crippen molar-refractivity contribution in [2.24, 2.45) is 0 Å². The van der Waals surface area contributed by atoms with Crippen LogP contribution in [-0.2, 0) is 19.2 Å². The molecule has 9 heteroatoms. The van der Waals surface area contributed by atoms with Gasteiger partial charge in [0, 0.05) is 27.6 Å². The van der Waals surface area contributed by atoms with Crippen molar-refractivity contribution in [1.82, 2.24) is 10.1 Å².